The smallest absolute Gasteiger partial charge is 0.263 e. The molecule has 1 aliphatic heterocycles. The van der Waals surface area contributed by atoms with Crippen LogP contribution in [0.2, 0.25) is 5.02 Å². The number of aliphatic hydroxyl groups is 1. The van der Waals surface area contributed by atoms with E-state index in [9.17, 15) is 9.90 Å². The molecule has 2 N–H and O–H groups in total. The molecular formula is C28H28ClN5O4. The number of carbonyl (C=O) groups excluding carboxylic acids is 1. The van der Waals surface area contributed by atoms with Gasteiger partial charge in [-0.3, -0.25) is 9.78 Å². The van der Waals surface area contributed by atoms with Crippen LogP contribution < -0.4 is 14.8 Å². The monoisotopic (exact) mass is 533 g/mol. The van der Waals surface area contributed by atoms with E-state index in [0.29, 0.717) is 52.1 Å². The van der Waals surface area contributed by atoms with Gasteiger partial charge in [0, 0.05) is 18.4 Å². The van der Waals surface area contributed by atoms with Gasteiger partial charge in [-0.05, 0) is 62.2 Å². The van der Waals surface area contributed by atoms with Crippen LogP contribution in [0, 0.1) is 0 Å². The lowest BCUT2D eigenvalue weighted by atomic mass is 10.2. The number of nitrogens with zero attached hydrogens (tertiary/aromatic N) is 4. The number of pyridine rings is 1. The third-order valence-electron chi connectivity index (χ3n) is 6.44. The van der Waals surface area contributed by atoms with E-state index in [-0.39, 0.29) is 18.6 Å². The second kappa shape index (κ2) is 11.6. The van der Waals surface area contributed by atoms with Crippen LogP contribution in [0.5, 0.6) is 11.5 Å². The Kier molecular flexibility index (Phi) is 7.86. The summed E-state index contributed by atoms with van der Waals surface area (Å²) >= 11 is 6.50. The molecular weight excluding hydrogens is 506 g/mol. The molecule has 38 heavy (non-hydrogen) atoms. The maximum Gasteiger partial charge on any atom is 0.263 e. The fraction of sp³-hybridized carbons (Fsp3) is 0.286. The van der Waals surface area contributed by atoms with Gasteiger partial charge in [0.2, 0.25) is 0 Å². The van der Waals surface area contributed by atoms with Gasteiger partial charge >= 0.3 is 0 Å². The number of aliphatic hydroxyl groups excluding tert-OH is 1. The molecule has 1 fully saturated rings. The summed E-state index contributed by atoms with van der Waals surface area (Å²) in [4.78, 5) is 27.8. The quantitative estimate of drug-likeness (QED) is 0.317. The van der Waals surface area contributed by atoms with Gasteiger partial charge in [0.1, 0.15) is 30.3 Å². The number of benzene rings is 2. The van der Waals surface area contributed by atoms with Crippen molar-refractivity contribution < 1.29 is 19.4 Å². The number of hydrogen-bond acceptors (Lipinski definition) is 8. The lowest BCUT2D eigenvalue weighted by Crippen LogP contribution is -2.44. The van der Waals surface area contributed by atoms with Crippen molar-refractivity contribution in [3.8, 4) is 11.5 Å². The molecule has 0 unspecified atom stereocenters. The second-order valence-electron chi connectivity index (χ2n) is 9.02. The summed E-state index contributed by atoms with van der Waals surface area (Å²) in [7, 11) is 0. The normalized spacial score (nSPS) is 15.9. The fourth-order valence-electron chi connectivity index (χ4n) is 4.53. The van der Waals surface area contributed by atoms with Crippen molar-refractivity contribution in [1.82, 2.24) is 19.9 Å². The van der Waals surface area contributed by atoms with Crippen LogP contribution >= 0.6 is 11.6 Å². The number of amides is 1. The zero-order valence-corrected chi connectivity index (χ0v) is 21.6. The number of nitrogens with one attached hydrogen (secondary N) is 1. The van der Waals surface area contributed by atoms with Crippen molar-refractivity contribution >= 4 is 39.9 Å². The van der Waals surface area contributed by atoms with Gasteiger partial charge in [-0.1, -0.05) is 23.7 Å². The predicted molar refractivity (Wildman–Crippen MR) is 145 cm³/mol. The SMILES string of the molecule is C[C@@H](Oc1cccc2ncnc(Nc3ccc(OCc4ccccn4)c(Cl)c3)c12)C(=O)N1CCC[C@H]1CO. The molecule has 0 aliphatic carbocycles. The summed E-state index contributed by atoms with van der Waals surface area (Å²) in [6, 6.07) is 16.3. The summed E-state index contributed by atoms with van der Waals surface area (Å²) in [6.07, 6.45) is 4.10. The number of hydrogen-bond donors (Lipinski definition) is 2. The Labute approximate surface area is 225 Å². The largest absolute Gasteiger partial charge is 0.486 e. The van der Waals surface area contributed by atoms with Crippen LogP contribution in [0.1, 0.15) is 25.5 Å². The van der Waals surface area contributed by atoms with Crippen molar-refractivity contribution in [3.63, 3.8) is 0 Å². The summed E-state index contributed by atoms with van der Waals surface area (Å²) < 4.78 is 12.0. The zero-order chi connectivity index (χ0) is 26.5. The van der Waals surface area contributed by atoms with Gasteiger partial charge in [0.25, 0.3) is 5.91 Å². The first-order valence-corrected chi connectivity index (χ1v) is 12.8. The molecule has 0 radical (unpaired) electrons. The Balaban J connectivity index is 1.35. The molecule has 0 spiro atoms. The maximum absolute atomic E-state index is 13.1. The van der Waals surface area contributed by atoms with E-state index in [1.165, 1.54) is 6.33 Å². The molecule has 2 aromatic carbocycles. The molecule has 4 aromatic rings. The Bertz CT molecular complexity index is 1420. The molecule has 0 bridgehead atoms. The standard InChI is InChI=1S/C28H28ClN5O4/c1-18(28(36)34-13-5-7-21(34)15-35)38-25-9-4-8-23-26(25)27(32-17-31-23)33-19-10-11-24(22(29)14-19)37-16-20-6-2-3-12-30-20/h2-4,6,8-12,14,17-18,21,35H,5,7,13,15-16H2,1H3,(H,31,32,33)/t18-,21+/m1/s1. The van der Waals surface area contributed by atoms with E-state index < -0.39 is 6.10 Å². The summed E-state index contributed by atoms with van der Waals surface area (Å²) in [6.45, 7) is 2.59. The number of halogens is 1. The maximum atomic E-state index is 13.1. The number of fused-ring (bicyclic) bond motifs is 1. The number of anilines is 2. The Morgan fingerprint density at radius 1 is 1.16 bits per heavy atom. The van der Waals surface area contributed by atoms with Gasteiger partial charge in [-0.15, -0.1) is 0 Å². The number of rotatable bonds is 9. The van der Waals surface area contributed by atoms with Crippen LogP contribution in [0.4, 0.5) is 11.5 Å². The van der Waals surface area contributed by atoms with Crippen molar-refractivity contribution in [1.29, 1.82) is 0 Å². The molecule has 9 nitrogen and oxygen atoms in total. The molecule has 1 aliphatic rings. The highest BCUT2D eigenvalue weighted by Crippen LogP contribution is 2.34. The third kappa shape index (κ3) is 5.64. The van der Waals surface area contributed by atoms with Crippen molar-refractivity contribution in [2.24, 2.45) is 0 Å². The number of likely N-dealkylation sites (tertiary alicyclic amines) is 1. The lowest BCUT2D eigenvalue weighted by molar-refractivity contribution is -0.139. The molecule has 1 amide bonds. The number of aromatic nitrogens is 3. The molecule has 10 heteroatoms. The van der Waals surface area contributed by atoms with Crippen molar-refractivity contribution in [2.75, 3.05) is 18.5 Å². The van der Waals surface area contributed by atoms with E-state index in [4.69, 9.17) is 21.1 Å². The third-order valence-corrected chi connectivity index (χ3v) is 6.74. The van der Waals surface area contributed by atoms with E-state index in [1.807, 2.05) is 36.4 Å². The second-order valence-corrected chi connectivity index (χ2v) is 9.43. The fourth-order valence-corrected chi connectivity index (χ4v) is 4.76. The van der Waals surface area contributed by atoms with Gasteiger partial charge in [0.15, 0.2) is 6.10 Å². The molecule has 3 heterocycles. The topological polar surface area (TPSA) is 110 Å². The van der Waals surface area contributed by atoms with Gasteiger partial charge < -0.3 is 24.8 Å². The zero-order valence-electron chi connectivity index (χ0n) is 20.9. The summed E-state index contributed by atoms with van der Waals surface area (Å²) in [5.74, 6) is 1.37. The Hall–Kier alpha value is -3.95. The number of carbonyl (C=O) groups is 1. The van der Waals surface area contributed by atoms with E-state index >= 15 is 0 Å². The number of ether oxygens (including phenoxy) is 2. The van der Waals surface area contributed by atoms with Crippen LogP contribution in [-0.2, 0) is 11.4 Å². The highest BCUT2D eigenvalue weighted by molar-refractivity contribution is 6.32. The molecule has 5 rings (SSSR count). The molecule has 0 saturated carbocycles. The Morgan fingerprint density at radius 3 is 2.84 bits per heavy atom. The van der Waals surface area contributed by atoms with E-state index in [2.05, 4.69) is 20.3 Å². The minimum atomic E-state index is -0.745. The van der Waals surface area contributed by atoms with Crippen LogP contribution in [-0.4, -0.2) is 56.2 Å². The van der Waals surface area contributed by atoms with Crippen LogP contribution in [0.3, 0.4) is 0 Å². The first-order chi connectivity index (χ1) is 18.5. The van der Waals surface area contributed by atoms with Crippen molar-refractivity contribution in [3.05, 3.63) is 77.8 Å². The predicted octanol–water partition coefficient (Wildman–Crippen LogP) is 4.75. The first kappa shape index (κ1) is 25.7. The van der Waals surface area contributed by atoms with E-state index in [1.54, 1.807) is 36.2 Å². The van der Waals surface area contributed by atoms with Gasteiger partial charge in [0.05, 0.1) is 34.3 Å². The van der Waals surface area contributed by atoms with Crippen molar-refractivity contribution in [2.45, 2.75) is 38.5 Å². The highest BCUT2D eigenvalue weighted by Gasteiger charge is 2.32. The first-order valence-electron chi connectivity index (χ1n) is 12.4. The van der Waals surface area contributed by atoms with Crippen LogP contribution in [0.25, 0.3) is 10.9 Å². The Morgan fingerprint density at radius 2 is 2.05 bits per heavy atom. The average molecular weight is 534 g/mol. The minimum Gasteiger partial charge on any atom is -0.486 e. The van der Waals surface area contributed by atoms with Gasteiger partial charge in [-0.25, -0.2) is 9.97 Å². The van der Waals surface area contributed by atoms with E-state index in [0.717, 1.165) is 18.5 Å². The van der Waals surface area contributed by atoms with Gasteiger partial charge in [-0.2, -0.15) is 0 Å². The molecule has 196 valence electrons. The minimum absolute atomic E-state index is 0.0514. The van der Waals surface area contributed by atoms with Crippen LogP contribution in [0.15, 0.2) is 67.1 Å². The average Bonchev–Trinajstić information content (AvgIpc) is 3.42. The highest BCUT2D eigenvalue weighted by atomic mass is 35.5. The summed E-state index contributed by atoms with van der Waals surface area (Å²) in [5, 5.41) is 14.0. The summed E-state index contributed by atoms with van der Waals surface area (Å²) in [5.41, 5.74) is 2.16. The molecule has 1 saturated heterocycles. The lowest BCUT2D eigenvalue weighted by Gasteiger charge is -2.26. The molecule has 2 aromatic heterocycles. The molecule has 2 atom stereocenters.